The quantitative estimate of drug-likeness (QED) is 0.469. The van der Waals surface area contributed by atoms with Crippen LogP contribution in [0, 0.1) is 0 Å². The molecule has 1 saturated heterocycles. The van der Waals surface area contributed by atoms with Crippen molar-refractivity contribution in [2.75, 3.05) is 18.4 Å². The van der Waals surface area contributed by atoms with Gasteiger partial charge in [-0.15, -0.1) is 11.3 Å². The number of hydrogen-bond acceptors (Lipinski definition) is 5. The summed E-state index contributed by atoms with van der Waals surface area (Å²) >= 11 is 1.53. The molecule has 0 spiro atoms. The van der Waals surface area contributed by atoms with Crippen molar-refractivity contribution in [3.63, 3.8) is 0 Å². The fourth-order valence-electron chi connectivity index (χ4n) is 4.23. The van der Waals surface area contributed by atoms with Gasteiger partial charge in [0.1, 0.15) is 5.82 Å². The second kappa shape index (κ2) is 10.7. The zero-order valence-electron chi connectivity index (χ0n) is 18.5. The number of aromatic nitrogens is 2. The lowest BCUT2D eigenvalue weighted by Gasteiger charge is -2.32. The van der Waals surface area contributed by atoms with Crippen molar-refractivity contribution in [3.05, 3.63) is 70.0 Å². The van der Waals surface area contributed by atoms with Crippen LogP contribution < -0.4 is 5.32 Å². The molecule has 1 amide bonds. The van der Waals surface area contributed by atoms with Crippen molar-refractivity contribution in [2.45, 2.75) is 51.6 Å². The fraction of sp³-hybridized carbons (Fsp3) is 0.400. The number of benzene rings is 1. The van der Waals surface area contributed by atoms with Crippen LogP contribution in [0.25, 0.3) is 0 Å². The van der Waals surface area contributed by atoms with E-state index in [2.05, 4.69) is 32.8 Å². The number of hydrogen-bond donors (Lipinski definition) is 1. The Kier molecular flexibility index (Phi) is 7.50. The molecular weight excluding hydrogens is 420 g/mol. The Bertz CT molecular complexity index is 1040. The van der Waals surface area contributed by atoms with Crippen LogP contribution in [0.4, 0.5) is 5.82 Å². The van der Waals surface area contributed by atoms with Crippen LogP contribution in [0.1, 0.15) is 59.4 Å². The van der Waals surface area contributed by atoms with Crippen LogP contribution in [-0.4, -0.2) is 39.5 Å². The van der Waals surface area contributed by atoms with Crippen molar-refractivity contribution in [1.82, 2.24) is 14.7 Å². The maximum Gasteiger partial charge on any atom is 0.225 e. The Morgan fingerprint density at radius 3 is 2.62 bits per heavy atom. The van der Waals surface area contributed by atoms with E-state index in [4.69, 9.17) is 0 Å². The number of nitrogens with zero attached hydrogens (tertiary/aromatic N) is 3. The van der Waals surface area contributed by atoms with Crippen molar-refractivity contribution in [3.8, 4) is 0 Å². The summed E-state index contributed by atoms with van der Waals surface area (Å²) in [6.45, 7) is 4.44. The highest BCUT2D eigenvalue weighted by Crippen LogP contribution is 2.27. The van der Waals surface area contributed by atoms with Gasteiger partial charge in [0.15, 0.2) is 5.78 Å². The van der Waals surface area contributed by atoms with Gasteiger partial charge in [0, 0.05) is 32.1 Å². The summed E-state index contributed by atoms with van der Waals surface area (Å²) in [6, 6.07) is 14.4. The van der Waals surface area contributed by atoms with Gasteiger partial charge >= 0.3 is 0 Å². The Balaban J connectivity index is 1.24. The number of carbonyl (C=O) groups is 2. The third-order valence-electron chi connectivity index (χ3n) is 5.96. The van der Waals surface area contributed by atoms with Gasteiger partial charge in [-0.3, -0.25) is 14.5 Å². The third kappa shape index (κ3) is 5.93. The smallest absolute Gasteiger partial charge is 0.225 e. The van der Waals surface area contributed by atoms with E-state index in [-0.39, 0.29) is 17.7 Å². The van der Waals surface area contributed by atoms with E-state index < -0.39 is 0 Å². The molecule has 0 atom stereocenters. The predicted molar refractivity (Wildman–Crippen MR) is 128 cm³/mol. The number of piperidine rings is 1. The molecule has 1 fully saturated rings. The van der Waals surface area contributed by atoms with E-state index in [0.717, 1.165) is 56.0 Å². The van der Waals surface area contributed by atoms with Crippen LogP contribution in [-0.2, 0) is 17.8 Å². The van der Waals surface area contributed by atoms with E-state index in [1.165, 1.54) is 22.5 Å². The number of Topliss-reactive ketones (excluding diaryl/α,β-unsaturated/α-hetero) is 1. The lowest BCUT2D eigenvalue weighted by molar-refractivity contribution is -0.116. The largest absolute Gasteiger partial charge is 0.311 e. The number of ketones is 1. The van der Waals surface area contributed by atoms with Gasteiger partial charge in [0.25, 0.3) is 0 Å². The van der Waals surface area contributed by atoms with Crippen molar-refractivity contribution >= 4 is 28.8 Å². The van der Waals surface area contributed by atoms with Crippen LogP contribution in [0.5, 0.6) is 0 Å². The lowest BCUT2D eigenvalue weighted by atomic mass is 10.0. The molecule has 0 bridgehead atoms. The Labute approximate surface area is 193 Å². The van der Waals surface area contributed by atoms with E-state index >= 15 is 0 Å². The van der Waals surface area contributed by atoms with Gasteiger partial charge in [0.2, 0.25) is 5.91 Å². The first kappa shape index (κ1) is 22.4. The molecule has 1 aliphatic rings. The molecule has 0 aliphatic carbocycles. The molecule has 0 radical (unpaired) electrons. The molecule has 0 unspecified atom stereocenters. The van der Waals surface area contributed by atoms with Gasteiger partial charge in [-0.25, -0.2) is 4.68 Å². The Morgan fingerprint density at radius 2 is 1.91 bits per heavy atom. The third-order valence-corrected chi connectivity index (χ3v) is 7.04. The number of thiophene rings is 1. The highest BCUT2D eigenvalue weighted by atomic mass is 32.1. The summed E-state index contributed by atoms with van der Waals surface area (Å²) in [5.74, 6) is 0.962. The summed E-state index contributed by atoms with van der Waals surface area (Å²) in [5, 5.41) is 9.64. The molecule has 3 heterocycles. The molecule has 32 heavy (non-hydrogen) atoms. The number of aryl methyl sites for hydroxylation is 1. The first-order valence-electron chi connectivity index (χ1n) is 11.3. The van der Waals surface area contributed by atoms with Crippen LogP contribution in [0.15, 0.2) is 54.0 Å². The normalized spacial score (nSPS) is 15.0. The van der Waals surface area contributed by atoms with Crippen LogP contribution >= 0.6 is 11.3 Å². The molecule has 6 nitrogen and oxygen atoms in total. The summed E-state index contributed by atoms with van der Waals surface area (Å²) < 4.78 is 1.98. The minimum atomic E-state index is 0.0406. The SMILES string of the molecule is CC(=O)c1cc(CN2CCC(n3nccc3NC(=O)CCCc3ccccc3)CC2)cs1. The summed E-state index contributed by atoms with van der Waals surface area (Å²) in [6.07, 6.45) is 5.98. The molecule has 4 rings (SSSR count). The van der Waals surface area contributed by atoms with E-state index in [0.29, 0.717) is 6.42 Å². The molecule has 168 valence electrons. The molecule has 2 aromatic heterocycles. The summed E-state index contributed by atoms with van der Waals surface area (Å²) in [7, 11) is 0. The lowest BCUT2D eigenvalue weighted by Crippen LogP contribution is -2.34. The molecular formula is C25H30N4O2S. The van der Waals surface area contributed by atoms with E-state index in [9.17, 15) is 9.59 Å². The van der Waals surface area contributed by atoms with Gasteiger partial charge in [-0.1, -0.05) is 30.3 Å². The maximum absolute atomic E-state index is 12.5. The van der Waals surface area contributed by atoms with E-state index in [1.54, 1.807) is 13.1 Å². The Hall–Kier alpha value is -2.77. The standard InChI is InChI=1S/C25H30N4O2S/c1-19(30)23-16-21(18-32-23)17-28-14-11-22(12-15-28)29-24(10-13-26-29)27-25(31)9-5-8-20-6-3-2-4-7-20/h2-4,6-7,10,13,16,18,22H,5,8-9,11-12,14-15,17H2,1H3,(H,27,31). The van der Waals surface area contributed by atoms with Gasteiger partial charge in [0.05, 0.1) is 17.1 Å². The van der Waals surface area contributed by atoms with Gasteiger partial charge in [-0.2, -0.15) is 5.10 Å². The average molecular weight is 451 g/mol. The first-order valence-corrected chi connectivity index (χ1v) is 12.1. The highest BCUT2D eigenvalue weighted by molar-refractivity contribution is 7.12. The Morgan fingerprint density at radius 1 is 1.12 bits per heavy atom. The summed E-state index contributed by atoms with van der Waals surface area (Å²) in [4.78, 5) is 27.2. The minimum absolute atomic E-state index is 0.0406. The van der Waals surface area contributed by atoms with Crippen molar-refractivity contribution < 1.29 is 9.59 Å². The predicted octanol–water partition coefficient (Wildman–Crippen LogP) is 4.95. The number of nitrogens with one attached hydrogen (secondary N) is 1. The zero-order valence-corrected chi connectivity index (χ0v) is 19.3. The van der Waals surface area contributed by atoms with Crippen molar-refractivity contribution in [1.29, 1.82) is 0 Å². The molecule has 1 aromatic carbocycles. The number of rotatable bonds is 9. The molecule has 0 saturated carbocycles. The molecule has 1 aliphatic heterocycles. The maximum atomic E-state index is 12.5. The average Bonchev–Trinajstić information content (AvgIpc) is 3.45. The van der Waals surface area contributed by atoms with E-state index in [1.807, 2.05) is 35.0 Å². The number of likely N-dealkylation sites (tertiary alicyclic amines) is 1. The van der Waals surface area contributed by atoms with Crippen LogP contribution in [0.3, 0.4) is 0 Å². The second-order valence-corrected chi connectivity index (χ2v) is 9.34. The molecule has 7 heteroatoms. The van der Waals surface area contributed by atoms with Crippen LogP contribution in [0.2, 0.25) is 0 Å². The van der Waals surface area contributed by atoms with Crippen molar-refractivity contribution in [2.24, 2.45) is 0 Å². The first-order chi connectivity index (χ1) is 15.6. The summed E-state index contributed by atoms with van der Waals surface area (Å²) in [5.41, 5.74) is 2.47. The number of amides is 1. The molecule has 3 aromatic rings. The second-order valence-electron chi connectivity index (χ2n) is 8.43. The topological polar surface area (TPSA) is 67.2 Å². The molecule has 1 N–H and O–H groups in total. The highest BCUT2D eigenvalue weighted by Gasteiger charge is 2.23. The number of carbonyl (C=O) groups excluding carboxylic acids is 2. The fourth-order valence-corrected chi connectivity index (χ4v) is 5.04. The van der Waals surface area contributed by atoms with Gasteiger partial charge < -0.3 is 5.32 Å². The van der Waals surface area contributed by atoms with Gasteiger partial charge in [-0.05, 0) is 55.2 Å². The number of anilines is 1. The zero-order chi connectivity index (χ0) is 22.3. The minimum Gasteiger partial charge on any atom is -0.311 e. The monoisotopic (exact) mass is 450 g/mol.